The topological polar surface area (TPSA) is 60.4 Å². The number of carbonyl (C=O) groups excluding carboxylic acids is 1. The highest BCUT2D eigenvalue weighted by atomic mass is 32.2. The number of halogens is 2. The van der Waals surface area contributed by atoms with Gasteiger partial charge in [0, 0.05) is 13.2 Å². The number of ether oxygens (including phenoxy) is 1. The minimum Gasteiger partial charge on any atom is -0.377 e. The summed E-state index contributed by atoms with van der Waals surface area (Å²) in [7, 11) is -2.86. The smallest absolute Gasteiger partial charge is 0.188 e. The van der Waals surface area contributed by atoms with Gasteiger partial charge in [-0.25, -0.2) is 17.2 Å². The summed E-state index contributed by atoms with van der Waals surface area (Å²) in [6.07, 6.45) is 0. The van der Waals surface area contributed by atoms with Crippen molar-refractivity contribution in [3.63, 3.8) is 0 Å². The van der Waals surface area contributed by atoms with Crippen molar-refractivity contribution in [3.05, 3.63) is 29.8 Å². The molecule has 7 heteroatoms. The van der Waals surface area contributed by atoms with Gasteiger partial charge in [-0.15, -0.1) is 0 Å². The van der Waals surface area contributed by atoms with E-state index >= 15 is 0 Å². The molecule has 17 heavy (non-hydrogen) atoms. The van der Waals surface area contributed by atoms with Crippen LogP contribution in [0.5, 0.6) is 0 Å². The van der Waals surface area contributed by atoms with E-state index in [9.17, 15) is 22.0 Å². The van der Waals surface area contributed by atoms with Gasteiger partial charge in [0.1, 0.15) is 28.9 Å². The Bertz CT molecular complexity index is 525. The molecule has 1 aromatic rings. The third-order valence-electron chi connectivity index (χ3n) is 1.89. The number of sulfone groups is 1. The van der Waals surface area contributed by atoms with Crippen molar-refractivity contribution in [1.29, 1.82) is 0 Å². The van der Waals surface area contributed by atoms with Gasteiger partial charge in [0.25, 0.3) is 0 Å². The molecule has 0 atom stereocenters. The number of carbonyl (C=O) groups is 1. The van der Waals surface area contributed by atoms with Crippen molar-refractivity contribution in [2.45, 2.75) is 4.90 Å². The summed E-state index contributed by atoms with van der Waals surface area (Å²) in [4.78, 5) is 10.4. The van der Waals surface area contributed by atoms with Crippen LogP contribution in [0, 0.1) is 11.6 Å². The normalized spacial score (nSPS) is 11.5. The molecule has 0 aliphatic carbocycles. The molecule has 0 aliphatic heterocycles. The molecule has 0 heterocycles. The van der Waals surface area contributed by atoms with Crippen molar-refractivity contribution in [2.24, 2.45) is 0 Å². The summed E-state index contributed by atoms with van der Waals surface area (Å²) in [5, 5.41) is 0. The minimum absolute atomic E-state index is 0.373. The molecule has 0 spiro atoms. The van der Waals surface area contributed by atoms with Gasteiger partial charge >= 0.3 is 0 Å². The minimum atomic E-state index is -4.10. The Morgan fingerprint density at radius 3 is 2.53 bits per heavy atom. The van der Waals surface area contributed by atoms with Crippen LogP contribution < -0.4 is 0 Å². The fourth-order valence-corrected chi connectivity index (χ4v) is 2.51. The van der Waals surface area contributed by atoms with E-state index in [-0.39, 0.29) is 6.61 Å². The van der Waals surface area contributed by atoms with E-state index in [1.807, 2.05) is 0 Å². The summed E-state index contributed by atoms with van der Waals surface area (Å²) in [5.41, 5.74) is 0. The maximum Gasteiger partial charge on any atom is 0.188 e. The molecular weight excluding hydrogens is 254 g/mol. The van der Waals surface area contributed by atoms with Crippen LogP contribution in [-0.2, 0) is 19.4 Å². The van der Waals surface area contributed by atoms with Gasteiger partial charge in [-0.2, -0.15) is 0 Å². The molecule has 0 unspecified atom stereocenters. The maximum atomic E-state index is 13.2. The molecular formula is C10H10F2O4S. The van der Waals surface area contributed by atoms with Gasteiger partial charge in [-0.3, -0.25) is 4.79 Å². The van der Waals surface area contributed by atoms with Crippen LogP contribution in [0.2, 0.25) is 0 Å². The first-order valence-corrected chi connectivity index (χ1v) is 6.20. The molecule has 0 saturated heterocycles. The summed E-state index contributed by atoms with van der Waals surface area (Å²) >= 11 is 0. The fourth-order valence-electron chi connectivity index (χ4n) is 1.22. The van der Waals surface area contributed by atoms with Crippen molar-refractivity contribution >= 4 is 15.6 Å². The Morgan fingerprint density at radius 1 is 1.35 bits per heavy atom. The molecule has 0 N–H and O–H groups in total. The SMILES string of the molecule is COCC(=O)CS(=O)(=O)c1ccc(F)cc1F. The maximum absolute atomic E-state index is 13.2. The van der Waals surface area contributed by atoms with Gasteiger partial charge < -0.3 is 4.74 Å². The van der Waals surface area contributed by atoms with Crippen molar-refractivity contribution in [2.75, 3.05) is 19.5 Å². The first kappa shape index (κ1) is 13.7. The van der Waals surface area contributed by atoms with Gasteiger partial charge in [0.2, 0.25) is 0 Å². The standard InChI is InChI=1S/C10H10F2O4S/c1-16-5-8(13)6-17(14,15)10-3-2-7(11)4-9(10)12/h2-4H,5-6H2,1H3. The zero-order valence-corrected chi connectivity index (χ0v) is 9.76. The van der Waals surface area contributed by atoms with Crippen LogP contribution in [0.25, 0.3) is 0 Å². The second-order valence-electron chi connectivity index (χ2n) is 3.31. The fraction of sp³-hybridized carbons (Fsp3) is 0.300. The van der Waals surface area contributed by atoms with Crippen LogP contribution in [-0.4, -0.2) is 33.7 Å². The summed E-state index contributed by atoms with van der Waals surface area (Å²) in [5.74, 6) is -3.67. The van der Waals surface area contributed by atoms with Gasteiger partial charge in [-0.1, -0.05) is 0 Å². The molecule has 0 aliphatic rings. The van der Waals surface area contributed by atoms with Crippen molar-refractivity contribution < 1.29 is 26.7 Å². The number of rotatable bonds is 5. The van der Waals surface area contributed by atoms with E-state index in [1.54, 1.807) is 0 Å². The highest BCUT2D eigenvalue weighted by Crippen LogP contribution is 2.17. The van der Waals surface area contributed by atoms with E-state index in [0.29, 0.717) is 6.07 Å². The lowest BCUT2D eigenvalue weighted by atomic mass is 10.3. The van der Waals surface area contributed by atoms with Crippen molar-refractivity contribution in [1.82, 2.24) is 0 Å². The average molecular weight is 264 g/mol. The second-order valence-corrected chi connectivity index (χ2v) is 5.26. The lowest BCUT2D eigenvalue weighted by Crippen LogP contribution is -2.20. The van der Waals surface area contributed by atoms with Crippen LogP contribution in [0.4, 0.5) is 8.78 Å². The molecule has 0 bridgehead atoms. The molecule has 1 aromatic carbocycles. The van der Waals surface area contributed by atoms with Crippen LogP contribution in [0.1, 0.15) is 0 Å². The number of hydrogen-bond donors (Lipinski definition) is 0. The molecule has 94 valence electrons. The predicted molar refractivity (Wildman–Crippen MR) is 55.3 cm³/mol. The number of benzene rings is 1. The van der Waals surface area contributed by atoms with Gasteiger partial charge in [-0.05, 0) is 12.1 Å². The zero-order valence-electron chi connectivity index (χ0n) is 8.94. The van der Waals surface area contributed by atoms with E-state index in [0.717, 1.165) is 12.1 Å². The number of methoxy groups -OCH3 is 1. The molecule has 1 rings (SSSR count). The Kier molecular flexibility index (Phi) is 4.30. The molecule has 0 saturated carbocycles. The summed E-state index contributed by atoms with van der Waals surface area (Å²) in [6.45, 7) is -0.373. The highest BCUT2D eigenvalue weighted by Gasteiger charge is 2.23. The predicted octanol–water partition coefficient (Wildman–Crippen LogP) is 0.954. The first-order chi connectivity index (χ1) is 7.86. The van der Waals surface area contributed by atoms with Gasteiger partial charge in [0.05, 0.1) is 0 Å². The number of hydrogen-bond acceptors (Lipinski definition) is 4. The van der Waals surface area contributed by atoms with E-state index < -0.39 is 37.9 Å². The summed E-state index contributed by atoms with van der Waals surface area (Å²) in [6, 6.07) is 2.06. The van der Waals surface area contributed by atoms with E-state index in [2.05, 4.69) is 4.74 Å². The zero-order chi connectivity index (χ0) is 13.1. The molecule has 0 radical (unpaired) electrons. The second kappa shape index (κ2) is 5.33. The molecule has 0 amide bonds. The average Bonchev–Trinajstić information content (AvgIpc) is 2.15. The molecule has 0 aromatic heterocycles. The Hall–Kier alpha value is -1.34. The lowest BCUT2D eigenvalue weighted by Gasteiger charge is -2.04. The van der Waals surface area contributed by atoms with Gasteiger partial charge in [0.15, 0.2) is 15.6 Å². The summed E-state index contributed by atoms with van der Waals surface area (Å²) < 4.78 is 53.5. The van der Waals surface area contributed by atoms with E-state index in [1.165, 1.54) is 7.11 Å². The monoisotopic (exact) mass is 264 g/mol. The Labute approximate surface area is 97.1 Å². The highest BCUT2D eigenvalue weighted by molar-refractivity contribution is 7.92. The Balaban J connectivity index is 3.01. The Morgan fingerprint density at radius 2 is 2.00 bits per heavy atom. The largest absolute Gasteiger partial charge is 0.377 e. The number of Topliss-reactive ketones (excluding diaryl/α,β-unsaturated/α-hetero) is 1. The van der Waals surface area contributed by atoms with Crippen molar-refractivity contribution in [3.8, 4) is 0 Å². The third-order valence-corrected chi connectivity index (χ3v) is 3.59. The molecule has 0 fully saturated rings. The van der Waals surface area contributed by atoms with Crippen LogP contribution >= 0.6 is 0 Å². The number of ketones is 1. The third kappa shape index (κ3) is 3.57. The molecule has 4 nitrogen and oxygen atoms in total. The van der Waals surface area contributed by atoms with Crippen LogP contribution in [0.3, 0.4) is 0 Å². The quantitative estimate of drug-likeness (QED) is 0.743. The lowest BCUT2D eigenvalue weighted by molar-refractivity contribution is -0.120. The van der Waals surface area contributed by atoms with Crippen LogP contribution in [0.15, 0.2) is 23.1 Å². The van der Waals surface area contributed by atoms with E-state index in [4.69, 9.17) is 0 Å². The first-order valence-electron chi connectivity index (χ1n) is 4.55.